The molecule has 1 aliphatic rings. The van der Waals surface area contributed by atoms with Crippen molar-refractivity contribution in [3.05, 3.63) is 65.7 Å². The van der Waals surface area contributed by atoms with Crippen LogP contribution in [0.15, 0.2) is 48.8 Å². The number of benzene rings is 1. The first-order valence-corrected chi connectivity index (χ1v) is 8.30. The third-order valence-electron chi connectivity index (χ3n) is 4.45. The van der Waals surface area contributed by atoms with E-state index in [4.69, 9.17) is 0 Å². The molecule has 1 fully saturated rings. The van der Waals surface area contributed by atoms with E-state index in [1.807, 2.05) is 36.2 Å². The summed E-state index contributed by atoms with van der Waals surface area (Å²) in [6.45, 7) is 4.10. The van der Waals surface area contributed by atoms with Crippen molar-refractivity contribution in [2.45, 2.75) is 19.4 Å². The van der Waals surface area contributed by atoms with Crippen LogP contribution in [-0.2, 0) is 11.2 Å². The van der Waals surface area contributed by atoms with Gasteiger partial charge in [0, 0.05) is 37.9 Å². The second-order valence-electron chi connectivity index (χ2n) is 6.27. The number of nitrogens with one attached hydrogen (secondary N) is 1. The van der Waals surface area contributed by atoms with Crippen molar-refractivity contribution in [1.29, 1.82) is 0 Å². The van der Waals surface area contributed by atoms with Gasteiger partial charge >= 0.3 is 0 Å². The van der Waals surface area contributed by atoms with Crippen LogP contribution < -0.4 is 5.32 Å². The third-order valence-corrected chi connectivity index (χ3v) is 4.45. The Morgan fingerprint density at radius 1 is 1.40 bits per heavy atom. The Morgan fingerprint density at radius 2 is 2.24 bits per heavy atom. The fourth-order valence-corrected chi connectivity index (χ4v) is 3.23. The van der Waals surface area contributed by atoms with Crippen LogP contribution in [0.4, 0.5) is 4.39 Å². The Labute approximate surface area is 153 Å². The second kappa shape index (κ2) is 8.92. The summed E-state index contributed by atoms with van der Waals surface area (Å²) in [5, 5.41) is 3.34. The summed E-state index contributed by atoms with van der Waals surface area (Å²) in [5.74, 6) is -0.346. The predicted octanol–water partition coefficient (Wildman–Crippen LogP) is 2.99. The SMILES string of the molecule is CC(Cc1cccc(F)c1)C(=O)N1CCNCC1c1cccnc1.Cl. The molecule has 2 atom stereocenters. The maximum Gasteiger partial charge on any atom is 0.226 e. The van der Waals surface area contributed by atoms with Crippen molar-refractivity contribution in [3.63, 3.8) is 0 Å². The quantitative estimate of drug-likeness (QED) is 0.908. The second-order valence-corrected chi connectivity index (χ2v) is 6.27. The highest BCUT2D eigenvalue weighted by molar-refractivity contribution is 5.85. The molecule has 1 N–H and O–H groups in total. The highest BCUT2D eigenvalue weighted by Crippen LogP contribution is 2.24. The normalized spacial score (nSPS) is 18.3. The van der Waals surface area contributed by atoms with Crippen molar-refractivity contribution < 1.29 is 9.18 Å². The molecule has 0 bridgehead atoms. The topological polar surface area (TPSA) is 45.2 Å². The van der Waals surface area contributed by atoms with Crippen LogP contribution >= 0.6 is 12.4 Å². The van der Waals surface area contributed by atoms with E-state index in [1.165, 1.54) is 12.1 Å². The van der Waals surface area contributed by atoms with E-state index < -0.39 is 0 Å². The molecule has 1 saturated heterocycles. The number of halogens is 2. The number of hydrogen-bond acceptors (Lipinski definition) is 3. The molecule has 0 saturated carbocycles. The molecule has 4 nitrogen and oxygen atoms in total. The molecule has 2 unspecified atom stereocenters. The molecule has 1 aromatic heterocycles. The van der Waals surface area contributed by atoms with Crippen LogP contribution in [0.2, 0.25) is 0 Å². The van der Waals surface area contributed by atoms with Crippen molar-refractivity contribution in [2.24, 2.45) is 5.92 Å². The number of carbonyl (C=O) groups excluding carboxylic acids is 1. The molecule has 134 valence electrons. The van der Waals surface area contributed by atoms with Crippen molar-refractivity contribution in [3.8, 4) is 0 Å². The van der Waals surface area contributed by atoms with Crippen molar-refractivity contribution >= 4 is 18.3 Å². The number of rotatable bonds is 4. The standard InChI is InChI=1S/C19H22FN3O.ClH/c1-14(10-15-4-2-6-17(20)11-15)19(24)23-9-8-22-13-18(23)16-5-3-7-21-12-16;/h2-7,11-12,14,18,22H,8-10,13H2,1H3;1H. The Kier molecular flexibility index (Phi) is 6.91. The number of carbonyl (C=O) groups is 1. The highest BCUT2D eigenvalue weighted by Gasteiger charge is 2.30. The lowest BCUT2D eigenvalue weighted by Crippen LogP contribution is -2.50. The van der Waals surface area contributed by atoms with E-state index in [-0.39, 0.29) is 36.1 Å². The number of nitrogens with zero attached hydrogens (tertiary/aromatic N) is 2. The van der Waals surface area contributed by atoms with Gasteiger partial charge in [-0.3, -0.25) is 9.78 Å². The minimum Gasteiger partial charge on any atom is -0.333 e. The average molecular weight is 364 g/mol. The van der Waals surface area contributed by atoms with E-state index in [0.29, 0.717) is 13.0 Å². The maximum atomic E-state index is 13.3. The van der Waals surface area contributed by atoms with Crippen LogP contribution in [0.5, 0.6) is 0 Å². The minimum absolute atomic E-state index is 0. The monoisotopic (exact) mass is 363 g/mol. The van der Waals surface area contributed by atoms with Crippen molar-refractivity contribution in [2.75, 3.05) is 19.6 Å². The van der Waals surface area contributed by atoms with E-state index >= 15 is 0 Å². The molecule has 0 spiro atoms. The van der Waals surface area contributed by atoms with Gasteiger partial charge in [0.15, 0.2) is 0 Å². The first kappa shape index (κ1) is 19.3. The van der Waals surface area contributed by atoms with Gasteiger partial charge in [-0.15, -0.1) is 12.4 Å². The summed E-state index contributed by atoms with van der Waals surface area (Å²) in [4.78, 5) is 19.1. The molecule has 0 aliphatic carbocycles. The fourth-order valence-electron chi connectivity index (χ4n) is 3.23. The zero-order valence-corrected chi connectivity index (χ0v) is 15.0. The van der Waals surface area contributed by atoms with Gasteiger partial charge in [0.25, 0.3) is 0 Å². The van der Waals surface area contributed by atoms with Crippen LogP contribution in [0, 0.1) is 11.7 Å². The van der Waals surface area contributed by atoms with Crippen LogP contribution in [-0.4, -0.2) is 35.4 Å². The number of amides is 1. The predicted molar refractivity (Wildman–Crippen MR) is 98.1 cm³/mol. The molecular formula is C19H23ClFN3O. The molecule has 1 aromatic carbocycles. The van der Waals surface area contributed by atoms with Crippen LogP contribution in [0.3, 0.4) is 0 Å². The summed E-state index contributed by atoms with van der Waals surface area (Å²) < 4.78 is 13.3. The fraction of sp³-hybridized carbons (Fsp3) is 0.368. The molecule has 25 heavy (non-hydrogen) atoms. The molecule has 2 aromatic rings. The largest absolute Gasteiger partial charge is 0.333 e. The zero-order valence-electron chi connectivity index (χ0n) is 14.2. The smallest absolute Gasteiger partial charge is 0.226 e. The maximum absolute atomic E-state index is 13.3. The minimum atomic E-state index is -0.262. The molecule has 1 aliphatic heterocycles. The molecule has 0 radical (unpaired) electrons. The number of piperazine rings is 1. The van der Waals surface area contributed by atoms with E-state index in [2.05, 4.69) is 10.3 Å². The summed E-state index contributed by atoms with van der Waals surface area (Å²) in [6.07, 6.45) is 4.09. The lowest BCUT2D eigenvalue weighted by atomic mass is 9.97. The van der Waals surface area contributed by atoms with Gasteiger partial charge in [-0.05, 0) is 35.7 Å². The van der Waals surface area contributed by atoms with Gasteiger partial charge in [-0.25, -0.2) is 4.39 Å². The summed E-state index contributed by atoms with van der Waals surface area (Å²) >= 11 is 0. The Balaban J connectivity index is 0.00000225. The Morgan fingerprint density at radius 3 is 2.96 bits per heavy atom. The first-order valence-electron chi connectivity index (χ1n) is 8.30. The van der Waals surface area contributed by atoms with Gasteiger partial charge in [0.2, 0.25) is 5.91 Å². The lowest BCUT2D eigenvalue weighted by molar-refractivity contribution is -0.138. The lowest BCUT2D eigenvalue weighted by Gasteiger charge is -2.38. The van der Waals surface area contributed by atoms with Gasteiger partial charge in [0.1, 0.15) is 5.82 Å². The highest BCUT2D eigenvalue weighted by atomic mass is 35.5. The number of pyridine rings is 1. The summed E-state index contributed by atoms with van der Waals surface area (Å²) in [6, 6.07) is 10.4. The third kappa shape index (κ3) is 4.77. The molecule has 1 amide bonds. The van der Waals surface area contributed by atoms with Crippen LogP contribution in [0.1, 0.15) is 24.1 Å². The average Bonchev–Trinajstić information content (AvgIpc) is 2.62. The van der Waals surface area contributed by atoms with Gasteiger partial charge < -0.3 is 10.2 Å². The van der Waals surface area contributed by atoms with Gasteiger partial charge in [0.05, 0.1) is 6.04 Å². The Hall–Kier alpha value is -1.98. The molecular weight excluding hydrogens is 341 g/mol. The molecule has 3 rings (SSSR count). The number of aromatic nitrogens is 1. The van der Waals surface area contributed by atoms with Crippen molar-refractivity contribution in [1.82, 2.24) is 15.2 Å². The zero-order chi connectivity index (χ0) is 16.9. The summed E-state index contributed by atoms with van der Waals surface area (Å²) in [7, 11) is 0. The van der Waals surface area contributed by atoms with Gasteiger partial charge in [-0.1, -0.05) is 25.1 Å². The van der Waals surface area contributed by atoms with Gasteiger partial charge in [-0.2, -0.15) is 0 Å². The van der Waals surface area contributed by atoms with E-state index in [9.17, 15) is 9.18 Å². The summed E-state index contributed by atoms with van der Waals surface area (Å²) in [5.41, 5.74) is 1.89. The molecule has 2 heterocycles. The van der Waals surface area contributed by atoms with Crippen LogP contribution in [0.25, 0.3) is 0 Å². The van der Waals surface area contributed by atoms with E-state index in [0.717, 1.165) is 24.2 Å². The molecule has 6 heteroatoms. The Bertz CT molecular complexity index is 698. The number of hydrogen-bond donors (Lipinski definition) is 1. The first-order chi connectivity index (χ1) is 11.6. The van der Waals surface area contributed by atoms with E-state index in [1.54, 1.807) is 12.3 Å².